The van der Waals surface area contributed by atoms with Crippen molar-refractivity contribution < 1.29 is 18.1 Å². The molecular weight excluding hydrogens is 360 g/mol. The Morgan fingerprint density at radius 2 is 1.41 bits per heavy atom. The number of quaternary nitrogens is 1. The summed E-state index contributed by atoms with van der Waals surface area (Å²) in [6.07, 6.45) is 1.20. The van der Waals surface area contributed by atoms with E-state index in [1.807, 2.05) is 12.1 Å². The fourth-order valence-electron chi connectivity index (χ4n) is 2.90. The second-order valence-corrected chi connectivity index (χ2v) is 9.04. The molecule has 0 fully saturated rings. The molecule has 0 aliphatic rings. The third kappa shape index (κ3) is 7.15. The zero-order chi connectivity index (χ0) is 19.9. The average molecular weight is 390 g/mol. The molecule has 2 rings (SSSR count). The number of rotatable bonds is 9. The molecule has 6 heteroatoms. The number of hydrogen-bond acceptors (Lipinski definition) is 3. The first-order valence-corrected chi connectivity index (χ1v) is 11.3. The summed E-state index contributed by atoms with van der Waals surface area (Å²) in [7, 11) is -3.07. The highest BCUT2D eigenvalue weighted by Gasteiger charge is 2.09. The maximum Gasteiger partial charge on any atom is 0.251 e. The van der Waals surface area contributed by atoms with Crippen molar-refractivity contribution in [1.82, 2.24) is 5.32 Å². The van der Waals surface area contributed by atoms with Gasteiger partial charge in [-0.2, -0.15) is 0 Å². The predicted octanol–water partition coefficient (Wildman–Crippen LogP) is 1.59. The standard InChI is InChI=1S/C21H28N2O3S/c1-4-23(5-2)15-18-8-6-17(7-9-18)14-22-21(24)20-12-10-19(11-13-20)16-27(3,25)26/h6-13H,4-5,14-16H2,1-3H3,(H,22,24)/p+1. The van der Waals surface area contributed by atoms with Gasteiger partial charge in [0.25, 0.3) is 5.91 Å². The van der Waals surface area contributed by atoms with E-state index in [0.717, 1.165) is 25.2 Å². The van der Waals surface area contributed by atoms with Crippen molar-refractivity contribution in [2.75, 3.05) is 19.3 Å². The summed E-state index contributed by atoms with van der Waals surface area (Å²) in [6.45, 7) is 8.07. The molecule has 2 aromatic rings. The number of carbonyl (C=O) groups is 1. The lowest BCUT2D eigenvalue weighted by molar-refractivity contribution is -0.910. The van der Waals surface area contributed by atoms with Crippen LogP contribution in [0.2, 0.25) is 0 Å². The number of nitrogens with one attached hydrogen (secondary N) is 2. The first-order chi connectivity index (χ1) is 12.8. The van der Waals surface area contributed by atoms with Gasteiger partial charge in [-0.1, -0.05) is 36.4 Å². The molecule has 0 heterocycles. The second-order valence-electron chi connectivity index (χ2n) is 6.90. The van der Waals surface area contributed by atoms with E-state index < -0.39 is 9.84 Å². The Hall–Kier alpha value is -2.18. The van der Waals surface area contributed by atoms with Gasteiger partial charge >= 0.3 is 0 Å². The van der Waals surface area contributed by atoms with Crippen molar-refractivity contribution in [1.29, 1.82) is 0 Å². The first-order valence-electron chi connectivity index (χ1n) is 9.27. The minimum atomic E-state index is -3.07. The lowest BCUT2D eigenvalue weighted by Gasteiger charge is -2.15. The highest BCUT2D eigenvalue weighted by Crippen LogP contribution is 2.09. The smallest absolute Gasteiger partial charge is 0.251 e. The van der Waals surface area contributed by atoms with Crippen LogP contribution in [0, 0.1) is 0 Å². The number of benzene rings is 2. The van der Waals surface area contributed by atoms with Crippen LogP contribution in [-0.4, -0.2) is 33.7 Å². The molecule has 146 valence electrons. The molecule has 0 aromatic heterocycles. The van der Waals surface area contributed by atoms with Crippen LogP contribution in [0.3, 0.4) is 0 Å². The average Bonchev–Trinajstić information content (AvgIpc) is 2.64. The second kappa shape index (κ2) is 9.67. The largest absolute Gasteiger partial charge is 0.348 e. The molecular formula is C21H29N2O3S+. The molecule has 0 radical (unpaired) electrons. The molecule has 5 nitrogen and oxygen atoms in total. The van der Waals surface area contributed by atoms with Crippen LogP contribution in [-0.2, 0) is 28.7 Å². The van der Waals surface area contributed by atoms with Gasteiger partial charge in [0.15, 0.2) is 9.84 Å². The van der Waals surface area contributed by atoms with Gasteiger partial charge in [0, 0.05) is 23.9 Å². The predicted molar refractivity (Wildman–Crippen MR) is 108 cm³/mol. The molecule has 0 unspecified atom stereocenters. The topological polar surface area (TPSA) is 67.7 Å². The number of hydrogen-bond donors (Lipinski definition) is 2. The van der Waals surface area contributed by atoms with Crippen LogP contribution in [0.15, 0.2) is 48.5 Å². The van der Waals surface area contributed by atoms with Crippen molar-refractivity contribution in [3.8, 4) is 0 Å². The van der Waals surface area contributed by atoms with Gasteiger partial charge in [-0.25, -0.2) is 8.42 Å². The van der Waals surface area contributed by atoms with Crippen LogP contribution < -0.4 is 10.2 Å². The molecule has 0 spiro atoms. The third-order valence-corrected chi connectivity index (χ3v) is 5.43. The maximum absolute atomic E-state index is 12.3. The van der Waals surface area contributed by atoms with E-state index in [1.165, 1.54) is 16.7 Å². The summed E-state index contributed by atoms with van der Waals surface area (Å²) in [5.74, 6) is -0.186. The van der Waals surface area contributed by atoms with Gasteiger partial charge in [0.05, 0.1) is 18.8 Å². The zero-order valence-electron chi connectivity index (χ0n) is 16.3. The SMILES string of the molecule is CC[NH+](CC)Cc1ccc(CNC(=O)c2ccc(CS(C)(=O)=O)cc2)cc1. The Labute approximate surface area is 162 Å². The van der Waals surface area contributed by atoms with Gasteiger partial charge in [-0.3, -0.25) is 4.79 Å². The zero-order valence-corrected chi connectivity index (χ0v) is 17.1. The summed E-state index contributed by atoms with van der Waals surface area (Å²) < 4.78 is 22.6. The molecule has 0 aliphatic carbocycles. The van der Waals surface area contributed by atoms with Crippen molar-refractivity contribution in [3.05, 3.63) is 70.8 Å². The van der Waals surface area contributed by atoms with Crippen LogP contribution in [0.25, 0.3) is 0 Å². The van der Waals surface area contributed by atoms with Crippen molar-refractivity contribution >= 4 is 15.7 Å². The molecule has 0 aliphatic heterocycles. The molecule has 0 bridgehead atoms. The van der Waals surface area contributed by atoms with E-state index in [4.69, 9.17) is 0 Å². The van der Waals surface area contributed by atoms with E-state index in [-0.39, 0.29) is 11.7 Å². The summed E-state index contributed by atoms with van der Waals surface area (Å²) in [6, 6.07) is 15.0. The Balaban J connectivity index is 1.89. The lowest BCUT2D eigenvalue weighted by atomic mass is 10.1. The molecule has 0 atom stereocenters. The monoisotopic (exact) mass is 389 g/mol. The summed E-state index contributed by atoms with van der Waals surface area (Å²) in [4.78, 5) is 13.8. The van der Waals surface area contributed by atoms with E-state index in [1.54, 1.807) is 24.3 Å². The van der Waals surface area contributed by atoms with E-state index in [2.05, 4.69) is 31.3 Å². The van der Waals surface area contributed by atoms with Crippen LogP contribution in [0.4, 0.5) is 0 Å². The Morgan fingerprint density at radius 1 is 0.889 bits per heavy atom. The lowest BCUT2D eigenvalue weighted by Crippen LogP contribution is -3.10. The number of amides is 1. The molecule has 27 heavy (non-hydrogen) atoms. The Bertz CT molecular complexity index is 840. The van der Waals surface area contributed by atoms with Gasteiger partial charge in [-0.05, 0) is 37.1 Å². The van der Waals surface area contributed by atoms with E-state index in [0.29, 0.717) is 17.7 Å². The minimum Gasteiger partial charge on any atom is -0.348 e. The summed E-state index contributed by atoms with van der Waals surface area (Å²) in [5, 5.41) is 2.90. The van der Waals surface area contributed by atoms with E-state index >= 15 is 0 Å². The van der Waals surface area contributed by atoms with Gasteiger partial charge < -0.3 is 10.2 Å². The molecule has 0 saturated heterocycles. The van der Waals surface area contributed by atoms with Crippen LogP contribution >= 0.6 is 0 Å². The number of sulfone groups is 1. The van der Waals surface area contributed by atoms with Crippen molar-refractivity contribution in [2.45, 2.75) is 32.7 Å². The van der Waals surface area contributed by atoms with Gasteiger partial charge in [0.2, 0.25) is 0 Å². The maximum atomic E-state index is 12.3. The third-order valence-electron chi connectivity index (χ3n) is 4.58. The summed E-state index contributed by atoms with van der Waals surface area (Å²) in [5.41, 5.74) is 3.55. The van der Waals surface area contributed by atoms with Crippen molar-refractivity contribution in [3.63, 3.8) is 0 Å². The molecule has 2 N–H and O–H groups in total. The Morgan fingerprint density at radius 3 is 1.93 bits per heavy atom. The van der Waals surface area contributed by atoms with Crippen molar-refractivity contribution in [2.24, 2.45) is 0 Å². The van der Waals surface area contributed by atoms with Gasteiger partial charge in [-0.15, -0.1) is 0 Å². The molecule has 2 aromatic carbocycles. The highest BCUT2D eigenvalue weighted by atomic mass is 32.2. The number of carbonyl (C=O) groups excluding carboxylic acids is 1. The Kier molecular flexibility index (Phi) is 7.56. The first kappa shape index (κ1) is 21.1. The minimum absolute atomic E-state index is 0.0174. The fraction of sp³-hybridized carbons (Fsp3) is 0.381. The molecule has 0 saturated carbocycles. The van der Waals surface area contributed by atoms with Crippen LogP contribution in [0.5, 0.6) is 0 Å². The fourth-order valence-corrected chi connectivity index (χ4v) is 3.70. The highest BCUT2D eigenvalue weighted by molar-refractivity contribution is 7.89. The normalized spacial score (nSPS) is 11.6. The quantitative estimate of drug-likeness (QED) is 0.684. The van der Waals surface area contributed by atoms with Crippen LogP contribution in [0.1, 0.15) is 40.9 Å². The molecule has 1 amide bonds. The van der Waals surface area contributed by atoms with E-state index in [9.17, 15) is 13.2 Å². The summed E-state index contributed by atoms with van der Waals surface area (Å²) >= 11 is 0. The van der Waals surface area contributed by atoms with Gasteiger partial charge in [0.1, 0.15) is 6.54 Å².